The zero-order valence-electron chi connectivity index (χ0n) is 14.3. The number of Topliss-reactive ketones (excluding diaryl/α,β-unsaturated/α-hetero) is 1. The van der Waals surface area contributed by atoms with Crippen molar-refractivity contribution in [2.24, 2.45) is 0 Å². The second-order valence-corrected chi connectivity index (χ2v) is 5.46. The Balaban J connectivity index is 2.01. The molecule has 1 amide bonds. The molecule has 0 aliphatic heterocycles. The van der Waals surface area contributed by atoms with Crippen LogP contribution in [-0.4, -0.2) is 31.4 Å². The van der Waals surface area contributed by atoms with Gasteiger partial charge in [0.05, 0.1) is 7.11 Å². The van der Waals surface area contributed by atoms with Gasteiger partial charge < -0.3 is 14.8 Å². The van der Waals surface area contributed by atoms with Gasteiger partial charge in [0, 0.05) is 18.2 Å². The van der Waals surface area contributed by atoms with Gasteiger partial charge >= 0.3 is 5.97 Å². The van der Waals surface area contributed by atoms with Crippen LogP contribution in [0.5, 0.6) is 5.75 Å². The Bertz CT molecular complexity index is 796. The van der Waals surface area contributed by atoms with E-state index in [0.29, 0.717) is 17.0 Å². The van der Waals surface area contributed by atoms with E-state index in [1.807, 2.05) is 13.0 Å². The lowest BCUT2D eigenvalue weighted by atomic mass is 10.1. The van der Waals surface area contributed by atoms with E-state index in [2.05, 4.69) is 5.32 Å². The molecule has 2 aromatic rings. The molecule has 6 nitrogen and oxygen atoms in total. The number of hydrogen-bond donors (Lipinski definition) is 1. The maximum Gasteiger partial charge on any atom is 0.342 e. The molecule has 1 N–H and O–H groups in total. The summed E-state index contributed by atoms with van der Waals surface area (Å²) in [4.78, 5) is 35.3. The van der Waals surface area contributed by atoms with Gasteiger partial charge in [0.2, 0.25) is 5.91 Å². The van der Waals surface area contributed by atoms with Gasteiger partial charge in [0.25, 0.3) is 0 Å². The number of rotatable bonds is 6. The lowest BCUT2D eigenvalue weighted by Crippen LogP contribution is -2.15. The molecule has 130 valence electrons. The second-order valence-electron chi connectivity index (χ2n) is 5.46. The maximum atomic E-state index is 12.2. The quantitative estimate of drug-likeness (QED) is 0.645. The fourth-order valence-corrected chi connectivity index (χ4v) is 2.22. The van der Waals surface area contributed by atoms with Crippen molar-refractivity contribution in [1.82, 2.24) is 0 Å². The van der Waals surface area contributed by atoms with Gasteiger partial charge in [-0.15, -0.1) is 0 Å². The third kappa shape index (κ3) is 4.91. The summed E-state index contributed by atoms with van der Waals surface area (Å²) in [5.74, 6) is -0.763. The van der Waals surface area contributed by atoms with E-state index in [4.69, 9.17) is 9.47 Å². The van der Waals surface area contributed by atoms with Gasteiger partial charge in [-0.05, 0) is 43.3 Å². The summed E-state index contributed by atoms with van der Waals surface area (Å²) in [5, 5.41) is 2.61. The van der Waals surface area contributed by atoms with Crippen molar-refractivity contribution in [3.63, 3.8) is 0 Å². The Morgan fingerprint density at radius 2 is 1.72 bits per heavy atom. The van der Waals surface area contributed by atoms with Crippen molar-refractivity contribution in [3.05, 3.63) is 59.2 Å². The van der Waals surface area contributed by atoms with Crippen LogP contribution in [0.3, 0.4) is 0 Å². The second kappa shape index (κ2) is 8.10. The standard InChI is InChI=1S/C19H19NO5/c1-12-4-9-18(24-3)16(10-12)19(23)25-11-17(22)14-5-7-15(8-6-14)20-13(2)21/h4-10H,11H2,1-3H3,(H,20,21). The predicted molar refractivity (Wildman–Crippen MR) is 93.1 cm³/mol. The summed E-state index contributed by atoms with van der Waals surface area (Å²) in [6, 6.07) is 11.5. The number of benzene rings is 2. The minimum atomic E-state index is -0.622. The summed E-state index contributed by atoms with van der Waals surface area (Å²) in [6.45, 7) is 2.87. The molecule has 0 spiro atoms. The van der Waals surface area contributed by atoms with E-state index < -0.39 is 5.97 Å². The number of carbonyl (C=O) groups excluding carboxylic acids is 3. The molecule has 0 atom stereocenters. The Labute approximate surface area is 145 Å². The van der Waals surface area contributed by atoms with Gasteiger partial charge in [-0.1, -0.05) is 11.6 Å². The van der Waals surface area contributed by atoms with E-state index in [0.717, 1.165) is 5.56 Å². The molecule has 0 bridgehead atoms. The normalized spacial score (nSPS) is 10.0. The Hall–Kier alpha value is -3.15. The molecular formula is C19H19NO5. The predicted octanol–water partition coefficient (Wildman–Crippen LogP) is 3.00. The summed E-state index contributed by atoms with van der Waals surface area (Å²) >= 11 is 0. The molecule has 0 aliphatic rings. The third-order valence-corrected chi connectivity index (χ3v) is 3.44. The minimum absolute atomic E-state index is 0.194. The number of nitrogens with one attached hydrogen (secondary N) is 1. The topological polar surface area (TPSA) is 81.7 Å². The maximum absolute atomic E-state index is 12.2. The van der Waals surface area contributed by atoms with E-state index in [-0.39, 0.29) is 23.9 Å². The first kappa shape index (κ1) is 18.2. The Morgan fingerprint density at radius 1 is 1.04 bits per heavy atom. The lowest BCUT2D eigenvalue weighted by Gasteiger charge is -2.09. The first-order valence-corrected chi connectivity index (χ1v) is 7.63. The average molecular weight is 341 g/mol. The molecule has 0 fully saturated rings. The molecule has 0 saturated heterocycles. The first-order valence-electron chi connectivity index (χ1n) is 7.63. The smallest absolute Gasteiger partial charge is 0.342 e. The van der Waals surface area contributed by atoms with Crippen LogP contribution in [0.15, 0.2) is 42.5 Å². The molecule has 0 saturated carbocycles. The summed E-state index contributed by atoms with van der Waals surface area (Å²) in [5.41, 5.74) is 2.13. The highest BCUT2D eigenvalue weighted by atomic mass is 16.5. The van der Waals surface area contributed by atoms with Crippen molar-refractivity contribution in [3.8, 4) is 5.75 Å². The fourth-order valence-electron chi connectivity index (χ4n) is 2.22. The number of carbonyl (C=O) groups is 3. The molecule has 0 heterocycles. The van der Waals surface area contributed by atoms with E-state index in [1.165, 1.54) is 14.0 Å². The third-order valence-electron chi connectivity index (χ3n) is 3.44. The summed E-state index contributed by atoms with van der Waals surface area (Å²) in [7, 11) is 1.46. The monoisotopic (exact) mass is 341 g/mol. The molecule has 25 heavy (non-hydrogen) atoms. The molecule has 2 aromatic carbocycles. The lowest BCUT2D eigenvalue weighted by molar-refractivity contribution is -0.114. The van der Waals surface area contributed by atoms with Crippen molar-refractivity contribution < 1.29 is 23.9 Å². The zero-order valence-corrected chi connectivity index (χ0v) is 14.3. The van der Waals surface area contributed by atoms with Gasteiger partial charge in [-0.25, -0.2) is 4.79 Å². The number of amides is 1. The van der Waals surface area contributed by atoms with Crippen LogP contribution in [0.4, 0.5) is 5.69 Å². The molecule has 0 radical (unpaired) electrons. The van der Waals surface area contributed by atoms with Gasteiger partial charge in [0.15, 0.2) is 12.4 Å². The summed E-state index contributed by atoms with van der Waals surface area (Å²) in [6.07, 6.45) is 0. The van der Waals surface area contributed by atoms with Crippen LogP contribution >= 0.6 is 0 Å². The van der Waals surface area contributed by atoms with Crippen LogP contribution in [-0.2, 0) is 9.53 Å². The van der Waals surface area contributed by atoms with Gasteiger partial charge in [-0.3, -0.25) is 9.59 Å². The van der Waals surface area contributed by atoms with Gasteiger partial charge in [-0.2, -0.15) is 0 Å². The van der Waals surface area contributed by atoms with E-state index in [1.54, 1.807) is 36.4 Å². The van der Waals surface area contributed by atoms with E-state index in [9.17, 15) is 14.4 Å². The average Bonchev–Trinajstić information content (AvgIpc) is 2.59. The SMILES string of the molecule is COc1ccc(C)cc1C(=O)OCC(=O)c1ccc(NC(C)=O)cc1. The highest BCUT2D eigenvalue weighted by Gasteiger charge is 2.16. The zero-order chi connectivity index (χ0) is 18.4. The van der Waals surface area contributed by atoms with Crippen molar-refractivity contribution in [1.29, 1.82) is 0 Å². The Morgan fingerprint density at radius 3 is 2.32 bits per heavy atom. The molecular weight excluding hydrogens is 322 g/mol. The van der Waals surface area contributed by atoms with Crippen LogP contribution in [0, 0.1) is 6.92 Å². The number of aryl methyl sites for hydroxylation is 1. The first-order chi connectivity index (χ1) is 11.9. The molecule has 2 rings (SSSR count). The van der Waals surface area contributed by atoms with Crippen LogP contribution in [0.1, 0.15) is 33.2 Å². The van der Waals surface area contributed by atoms with Crippen molar-refractivity contribution in [2.45, 2.75) is 13.8 Å². The van der Waals surface area contributed by atoms with Crippen LogP contribution in [0.2, 0.25) is 0 Å². The number of ketones is 1. The van der Waals surface area contributed by atoms with Gasteiger partial charge in [0.1, 0.15) is 11.3 Å². The summed E-state index contributed by atoms with van der Waals surface area (Å²) < 4.78 is 10.2. The number of ether oxygens (including phenoxy) is 2. The van der Waals surface area contributed by atoms with Crippen molar-refractivity contribution in [2.75, 3.05) is 19.0 Å². The number of methoxy groups -OCH3 is 1. The highest BCUT2D eigenvalue weighted by Crippen LogP contribution is 2.20. The molecule has 0 aromatic heterocycles. The minimum Gasteiger partial charge on any atom is -0.496 e. The largest absolute Gasteiger partial charge is 0.496 e. The Kier molecular flexibility index (Phi) is 5.89. The van der Waals surface area contributed by atoms with E-state index >= 15 is 0 Å². The molecule has 0 aliphatic carbocycles. The van der Waals surface area contributed by atoms with Crippen molar-refractivity contribution >= 4 is 23.3 Å². The van der Waals surface area contributed by atoms with Crippen LogP contribution < -0.4 is 10.1 Å². The number of anilines is 1. The number of esters is 1. The molecule has 6 heteroatoms. The number of hydrogen-bond acceptors (Lipinski definition) is 5. The highest BCUT2D eigenvalue weighted by molar-refractivity contribution is 6.00. The molecule has 0 unspecified atom stereocenters. The van der Waals surface area contributed by atoms with Crippen LogP contribution in [0.25, 0.3) is 0 Å². The fraction of sp³-hybridized carbons (Fsp3) is 0.211.